The first-order valence-corrected chi connectivity index (χ1v) is 7.52. The molecule has 0 spiro atoms. The van der Waals surface area contributed by atoms with Gasteiger partial charge in [0.2, 0.25) is 0 Å². The molecule has 1 saturated carbocycles. The minimum atomic E-state index is -0.758. The van der Waals surface area contributed by atoms with Crippen LogP contribution in [0.25, 0.3) is 0 Å². The van der Waals surface area contributed by atoms with E-state index in [0.717, 1.165) is 19.3 Å². The van der Waals surface area contributed by atoms with Gasteiger partial charge in [0.1, 0.15) is 5.82 Å². The maximum Gasteiger partial charge on any atom is 0.309 e. The van der Waals surface area contributed by atoms with E-state index in [1.807, 2.05) is 0 Å². The van der Waals surface area contributed by atoms with Gasteiger partial charge in [0.15, 0.2) is 0 Å². The number of aliphatic carboxylic acids is 1. The molecule has 0 aliphatic heterocycles. The van der Waals surface area contributed by atoms with E-state index in [4.69, 9.17) is 11.6 Å². The van der Waals surface area contributed by atoms with Gasteiger partial charge in [0, 0.05) is 0 Å². The summed E-state index contributed by atoms with van der Waals surface area (Å²) in [5, 5.41) is 9.74. The Morgan fingerprint density at radius 2 is 2.30 bits per heavy atom. The summed E-state index contributed by atoms with van der Waals surface area (Å²) in [7, 11) is 0. The fourth-order valence-corrected chi connectivity index (χ4v) is 3.42. The van der Waals surface area contributed by atoms with Crippen LogP contribution < -0.4 is 0 Å². The lowest BCUT2D eigenvalue weighted by Gasteiger charge is -2.37. The molecule has 2 atom stereocenters. The van der Waals surface area contributed by atoms with E-state index >= 15 is 0 Å². The van der Waals surface area contributed by atoms with Crippen LogP contribution in [-0.4, -0.2) is 11.1 Å². The first-order valence-electron chi connectivity index (χ1n) is 7.14. The minimum Gasteiger partial charge on any atom is -0.481 e. The van der Waals surface area contributed by atoms with Crippen LogP contribution in [0.2, 0.25) is 5.02 Å². The van der Waals surface area contributed by atoms with Gasteiger partial charge in [-0.15, -0.1) is 0 Å². The van der Waals surface area contributed by atoms with Crippen LogP contribution in [0.1, 0.15) is 44.6 Å². The van der Waals surface area contributed by atoms with E-state index < -0.39 is 17.2 Å². The second kappa shape index (κ2) is 6.13. The molecule has 0 bridgehead atoms. The number of carbonyl (C=O) groups is 1. The monoisotopic (exact) mass is 298 g/mol. The minimum absolute atomic E-state index is 0.0770. The Bertz CT molecular complexity index is 503. The zero-order valence-electron chi connectivity index (χ0n) is 11.7. The molecule has 0 aromatic heterocycles. The highest BCUT2D eigenvalue weighted by atomic mass is 35.5. The molecule has 4 heteroatoms. The summed E-state index contributed by atoms with van der Waals surface area (Å²) in [6.07, 6.45) is 4.77. The summed E-state index contributed by atoms with van der Waals surface area (Å²) in [4.78, 5) is 11.8. The summed E-state index contributed by atoms with van der Waals surface area (Å²) < 4.78 is 13.5. The topological polar surface area (TPSA) is 37.3 Å². The van der Waals surface area contributed by atoms with Gasteiger partial charge in [0.05, 0.1) is 10.4 Å². The fourth-order valence-electron chi connectivity index (χ4n) is 3.31. The lowest BCUT2D eigenvalue weighted by atomic mass is 9.66. The average Bonchev–Trinajstić information content (AvgIpc) is 2.43. The van der Waals surface area contributed by atoms with Gasteiger partial charge in [-0.05, 0) is 42.9 Å². The Hall–Kier alpha value is -1.09. The molecule has 0 heterocycles. The molecule has 2 nitrogen and oxygen atoms in total. The summed E-state index contributed by atoms with van der Waals surface area (Å²) in [5.74, 6) is -0.782. The second-order valence-electron chi connectivity index (χ2n) is 5.88. The Morgan fingerprint density at radius 3 is 2.90 bits per heavy atom. The van der Waals surface area contributed by atoms with Crippen LogP contribution in [0.5, 0.6) is 0 Å². The molecule has 0 saturated heterocycles. The number of halogens is 2. The third-order valence-corrected chi connectivity index (χ3v) is 4.81. The van der Waals surface area contributed by atoms with Crippen molar-refractivity contribution < 1.29 is 14.3 Å². The predicted molar refractivity (Wildman–Crippen MR) is 77.4 cm³/mol. The van der Waals surface area contributed by atoms with Crippen LogP contribution in [0.15, 0.2) is 18.2 Å². The maximum atomic E-state index is 13.5. The second-order valence-corrected chi connectivity index (χ2v) is 6.29. The molecule has 0 radical (unpaired) electrons. The third-order valence-electron chi connectivity index (χ3n) is 4.50. The van der Waals surface area contributed by atoms with Crippen molar-refractivity contribution in [3.8, 4) is 0 Å². The van der Waals surface area contributed by atoms with E-state index in [-0.39, 0.29) is 5.02 Å². The van der Waals surface area contributed by atoms with Gasteiger partial charge in [0.25, 0.3) is 0 Å². The van der Waals surface area contributed by atoms with E-state index in [0.29, 0.717) is 30.7 Å². The van der Waals surface area contributed by atoms with Crippen LogP contribution >= 0.6 is 11.6 Å². The average molecular weight is 299 g/mol. The first-order chi connectivity index (χ1) is 9.47. The predicted octanol–water partition coefficient (Wildman–Crippen LogP) is 4.69. The summed E-state index contributed by atoms with van der Waals surface area (Å²) >= 11 is 5.67. The van der Waals surface area contributed by atoms with Crippen molar-refractivity contribution in [2.24, 2.45) is 11.3 Å². The number of rotatable bonds is 4. The number of hydrogen-bond donors (Lipinski definition) is 1. The van der Waals surface area contributed by atoms with Crippen LogP contribution in [0, 0.1) is 17.2 Å². The standard InChI is InChI=1S/C16H20ClFO2/c1-2-11-4-3-7-16(9-11,15(19)20)10-12-5-6-13(17)14(18)8-12/h5-6,8,11H,2-4,7,9-10H2,1H3,(H,19,20). The molecule has 110 valence electrons. The molecule has 2 rings (SSSR count). The lowest BCUT2D eigenvalue weighted by Crippen LogP contribution is -2.38. The maximum absolute atomic E-state index is 13.5. The first kappa shape index (κ1) is 15.3. The number of carboxylic acids is 1. The fraction of sp³-hybridized carbons (Fsp3) is 0.562. The molecule has 1 aromatic carbocycles. The zero-order chi connectivity index (χ0) is 14.8. The van der Waals surface area contributed by atoms with Crippen molar-refractivity contribution in [1.29, 1.82) is 0 Å². The Morgan fingerprint density at radius 1 is 1.55 bits per heavy atom. The van der Waals surface area contributed by atoms with Crippen molar-refractivity contribution in [2.75, 3.05) is 0 Å². The number of carboxylic acid groups (broad SMARTS) is 1. The van der Waals surface area contributed by atoms with Gasteiger partial charge < -0.3 is 5.11 Å². The van der Waals surface area contributed by atoms with E-state index in [1.165, 1.54) is 12.1 Å². The molecule has 2 unspecified atom stereocenters. The number of benzene rings is 1. The Balaban J connectivity index is 2.24. The highest BCUT2D eigenvalue weighted by Gasteiger charge is 2.42. The molecule has 1 fully saturated rings. The van der Waals surface area contributed by atoms with Crippen molar-refractivity contribution in [1.82, 2.24) is 0 Å². The van der Waals surface area contributed by atoms with Gasteiger partial charge in [-0.25, -0.2) is 4.39 Å². The summed E-state index contributed by atoms with van der Waals surface area (Å²) in [5.41, 5.74) is -0.0369. The molecule has 0 amide bonds. The molecular weight excluding hydrogens is 279 g/mol. The van der Waals surface area contributed by atoms with Crippen LogP contribution in [0.3, 0.4) is 0 Å². The largest absolute Gasteiger partial charge is 0.481 e. The molecular formula is C16H20ClFO2. The normalized spacial score (nSPS) is 26.4. The Kier molecular flexibility index (Phi) is 4.69. The third kappa shape index (κ3) is 3.14. The summed E-state index contributed by atoms with van der Waals surface area (Å²) in [6.45, 7) is 2.10. The van der Waals surface area contributed by atoms with Crippen LogP contribution in [-0.2, 0) is 11.2 Å². The van der Waals surface area contributed by atoms with Gasteiger partial charge in [-0.1, -0.05) is 43.9 Å². The lowest BCUT2D eigenvalue weighted by molar-refractivity contribution is -0.152. The Labute approximate surface area is 123 Å². The number of hydrogen-bond acceptors (Lipinski definition) is 1. The van der Waals surface area contributed by atoms with Gasteiger partial charge in [-0.3, -0.25) is 4.79 Å². The highest BCUT2D eigenvalue weighted by Crippen LogP contribution is 2.43. The van der Waals surface area contributed by atoms with Gasteiger partial charge in [-0.2, -0.15) is 0 Å². The van der Waals surface area contributed by atoms with Crippen molar-refractivity contribution >= 4 is 17.6 Å². The van der Waals surface area contributed by atoms with E-state index in [9.17, 15) is 14.3 Å². The molecule has 20 heavy (non-hydrogen) atoms. The van der Waals surface area contributed by atoms with Gasteiger partial charge >= 0.3 is 5.97 Å². The van der Waals surface area contributed by atoms with Crippen molar-refractivity contribution in [2.45, 2.75) is 45.4 Å². The zero-order valence-corrected chi connectivity index (χ0v) is 12.4. The summed E-state index contributed by atoms with van der Waals surface area (Å²) in [6, 6.07) is 4.59. The van der Waals surface area contributed by atoms with E-state index in [2.05, 4.69) is 6.92 Å². The van der Waals surface area contributed by atoms with E-state index in [1.54, 1.807) is 6.07 Å². The highest BCUT2D eigenvalue weighted by molar-refractivity contribution is 6.30. The molecule has 1 aliphatic carbocycles. The van der Waals surface area contributed by atoms with Crippen molar-refractivity contribution in [3.05, 3.63) is 34.6 Å². The smallest absolute Gasteiger partial charge is 0.309 e. The molecule has 1 N–H and O–H groups in total. The molecule has 1 aromatic rings. The van der Waals surface area contributed by atoms with Crippen molar-refractivity contribution in [3.63, 3.8) is 0 Å². The SMILES string of the molecule is CCC1CCCC(Cc2ccc(Cl)c(F)c2)(C(=O)O)C1. The van der Waals surface area contributed by atoms with Crippen LogP contribution in [0.4, 0.5) is 4.39 Å². The quantitative estimate of drug-likeness (QED) is 0.875. The molecule has 1 aliphatic rings.